The summed E-state index contributed by atoms with van der Waals surface area (Å²) < 4.78 is 5.72. The second-order valence-corrected chi connectivity index (χ2v) is 4.52. The van der Waals surface area contributed by atoms with E-state index >= 15 is 0 Å². The van der Waals surface area contributed by atoms with Gasteiger partial charge in [-0.3, -0.25) is 4.79 Å². The Balaban J connectivity index is 2.70. The van der Waals surface area contributed by atoms with E-state index in [1.54, 1.807) is 7.05 Å². The highest BCUT2D eigenvalue weighted by atomic mass is 16.5. The highest BCUT2D eigenvalue weighted by Gasteiger charge is 2.09. The van der Waals surface area contributed by atoms with Gasteiger partial charge < -0.3 is 15.8 Å². The molecule has 0 aliphatic carbocycles. The van der Waals surface area contributed by atoms with Crippen LogP contribution in [0.1, 0.15) is 24.5 Å². The van der Waals surface area contributed by atoms with Crippen LogP contribution in [0, 0.1) is 6.92 Å². The Bertz CT molecular complexity index is 403. The summed E-state index contributed by atoms with van der Waals surface area (Å²) in [6.07, 6.45) is 1.14. The number of carbonyl (C=O) groups is 1. The summed E-state index contributed by atoms with van der Waals surface area (Å²) in [7, 11) is 1.62. The number of rotatable bonds is 6. The van der Waals surface area contributed by atoms with Crippen LogP contribution in [0.2, 0.25) is 0 Å². The SMILES string of the molecule is CNC(=O)CCOc1c(C)cccc1CC(C)N. The number of amides is 1. The van der Waals surface area contributed by atoms with Crippen molar-refractivity contribution < 1.29 is 9.53 Å². The van der Waals surface area contributed by atoms with Crippen LogP contribution in [-0.2, 0) is 11.2 Å². The lowest BCUT2D eigenvalue weighted by Crippen LogP contribution is -2.21. The van der Waals surface area contributed by atoms with E-state index in [1.165, 1.54) is 0 Å². The highest BCUT2D eigenvalue weighted by Crippen LogP contribution is 2.24. The molecule has 0 bridgehead atoms. The van der Waals surface area contributed by atoms with E-state index in [-0.39, 0.29) is 11.9 Å². The lowest BCUT2D eigenvalue weighted by atomic mass is 10.0. The van der Waals surface area contributed by atoms with Crippen molar-refractivity contribution in [3.63, 3.8) is 0 Å². The summed E-state index contributed by atoms with van der Waals surface area (Å²) in [6, 6.07) is 6.11. The molecule has 1 atom stereocenters. The van der Waals surface area contributed by atoms with Gasteiger partial charge in [-0.1, -0.05) is 18.2 Å². The summed E-state index contributed by atoms with van der Waals surface area (Å²) in [6.45, 7) is 4.35. The van der Waals surface area contributed by atoms with E-state index in [4.69, 9.17) is 10.5 Å². The molecule has 18 heavy (non-hydrogen) atoms. The van der Waals surface area contributed by atoms with Gasteiger partial charge in [0.25, 0.3) is 0 Å². The van der Waals surface area contributed by atoms with E-state index < -0.39 is 0 Å². The number of benzene rings is 1. The number of ether oxygens (including phenoxy) is 1. The van der Waals surface area contributed by atoms with Crippen molar-refractivity contribution in [2.45, 2.75) is 32.7 Å². The first kappa shape index (κ1) is 14.5. The van der Waals surface area contributed by atoms with Gasteiger partial charge >= 0.3 is 0 Å². The number of carbonyl (C=O) groups excluding carboxylic acids is 1. The average Bonchev–Trinajstić information content (AvgIpc) is 2.31. The van der Waals surface area contributed by atoms with Crippen molar-refractivity contribution >= 4 is 5.91 Å². The molecule has 0 heterocycles. The van der Waals surface area contributed by atoms with Crippen molar-refractivity contribution in [2.24, 2.45) is 5.73 Å². The average molecular weight is 250 g/mol. The van der Waals surface area contributed by atoms with Gasteiger partial charge in [0.1, 0.15) is 5.75 Å². The Hall–Kier alpha value is -1.55. The quantitative estimate of drug-likeness (QED) is 0.802. The van der Waals surface area contributed by atoms with Gasteiger partial charge in [-0.15, -0.1) is 0 Å². The van der Waals surface area contributed by atoms with Crippen LogP contribution in [0.3, 0.4) is 0 Å². The zero-order valence-electron chi connectivity index (χ0n) is 11.3. The molecule has 100 valence electrons. The van der Waals surface area contributed by atoms with Crippen LogP contribution in [0.4, 0.5) is 0 Å². The van der Waals surface area contributed by atoms with E-state index in [1.807, 2.05) is 32.0 Å². The predicted molar refractivity (Wildman–Crippen MR) is 72.7 cm³/mol. The molecule has 1 aromatic rings. The van der Waals surface area contributed by atoms with Crippen LogP contribution in [0.5, 0.6) is 5.75 Å². The minimum atomic E-state index is -0.0164. The van der Waals surface area contributed by atoms with Gasteiger partial charge in [-0.05, 0) is 31.4 Å². The summed E-state index contributed by atoms with van der Waals surface area (Å²) in [5.41, 5.74) is 8.00. The van der Waals surface area contributed by atoms with Crippen LogP contribution in [0.15, 0.2) is 18.2 Å². The topological polar surface area (TPSA) is 64.3 Å². The van der Waals surface area contributed by atoms with Gasteiger partial charge in [-0.2, -0.15) is 0 Å². The molecular formula is C14H22N2O2. The highest BCUT2D eigenvalue weighted by molar-refractivity contribution is 5.75. The standard InChI is InChI=1S/C14H22N2O2/c1-10-5-4-6-12(9-11(2)15)14(10)18-8-7-13(17)16-3/h4-6,11H,7-9,15H2,1-3H3,(H,16,17). The monoisotopic (exact) mass is 250 g/mol. The molecule has 0 radical (unpaired) electrons. The smallest absolute Gasteiger partial charge is 0.223 e. The first-order chi connectivity index (χ1) is 8.54. The number of para-hydroxylation sites is 1. The molecule has 0 aromatic heterocycles. The molecular weight excluding hydrogens is 228 g/mol. The zero-order chi connectivity index (χ0) is 13.5. The summed E-state index contributed by atoms with van der Waals surface area (Å²) in [5.74, 6) is 0.844. The Kier molecular flexibility index (Phi) is 5.65. The van der Waals surface area contributed by atoms with Crippen molar-refractivity contribution in [3.05, 3.63) is 29.3 Å². The molecule has 0 aliphatic rings. The molecule has 0 saturated heterocycles. The lowest BCUT2D eigenvalue weighted by Gasteiger charge is -2.15. The Morgan fingerprint density at radius 3 is 2.83 bits per heavy atom. The second kappa shape index (κ2) is 7.01. The van der Waals surface area contributed by atoms with Crippen molar-refractivity contribution in [2.75, 3.05) is 13.7 Å². The Labute approximate surface area is 109 Å². The van der Waals surface area contributed by atoms with Crippen LogP contribution < -0.4 is 15.8 Å². The molecule has 0 aliphatic heterocycles. The molecule has 4 nitrogen and oxygen atoms in total. The normalized spacial score (nSPS) is 12.0. The minimum absolute atomic E-state index is 0.0164. The first-order valence-corrected chi connectivity index (χ1v) is 6.22. The first-order valence-electron chi connectivity index (χ1n) is 6.22. The van der Waals surface area contributed by atoms with Gasteiger partial charge in [0.05, 0.1) is 13.0 Å². The molecule has 0 fully saturated rings. The van der Waals surface area contributed by atoms with Crippen molar-refractivity contribution in [1.82, 2.24) is 5.32 Å². The molecule has 1 unspecified atom stereocenters. The third-order valence-electron chi connectivity index (χ3n) is 2.69. The molecule has 1 aromatic carbocycles. The maximum atomic E-state index is 11.1. The molecule has 1 rings (SSSR count). The Morgan fingerprint density at radius 2 is 2.22 bits per heavy atom. The molecule has 4 heteroatoms. The maximum absolute atomic E-state index is 11.1. The number of nitrogens with one attached hydrogen (secondary N) is 1. The molecule has 0 saturated carbocycles. The minimum Gasteiger partial charge on any atom is -0.492 e. The fraction of sp³-hybridized carbons (Fsp3) is 0.500. The number of aryl methyl sites for hydroxylation is 1. The van der Waals surface area contributed by atoms with Crippen molar-refractivity contribution in [3.8, 4) is 5.75 Å². The summed E-state index contributed by atoms with van der Waals surface area (Å²) in [5, 5.41) is 2.57. The van der Waals surface area contributed by atoms with E-state index in [2.05, 4.69) is 5.32 Å². The van der Waals surface area contributed by atoms with Crippen LogP contribution in [-0.4, -0.2) is 25.6 Å². The number of nitrogens with two attached hydrogens (primary N) is 1. The maximum Gasteiger partial charge on any atom is 0.223 e. The number of hydrogen-bond acceptors (Lipinski definition) is 3. The predicted octanol–water partition coefficient (Wildman–Crippen LogP) is 1.40. The van der Waals surface area contributed by atoms with Gasteiger partial charge in [0, 0.05) is 13.1 Å². The molecule has 3 N–H and O–H groups in total. The van der Waals surface area contributed by atoms with E-state index in [0.29, 0.717) is 13.0 Å². The number of hydrogen-bond donors (Lipinski definition) is 2. The third kappa shape index (κ3) is 4.37. The second-order valence-electron chi connectivity index (χ2n) is 4.52. The third-order valence-corrected chi connectivity index (χ3v) is 2.69. The fourth-order valence-electron chi connectivity index (χ4n) is 1.80. The van der Waals surface area contributed by atoms with E-state index in [0.717, 1.165) is 23.3 Å². The summed E-state index contributed by atoms with van der Waals surface area (Å²) >= 11 is 0. The molecule has 1 amide bonds. The van der Waals surface area contributed by atoms with Crippen LogP contribution in [0.25, 0.3) is 0 Å². The van der Waals surface area contributed by atoms with Gasteiger partial charge in [-0.25, -0.2) is 0 Å². The van der Waals surface area contributed by atoms with Crippen molar-refractivity contribution in [1.29, 1.82) is 0 Å². The van der Waals surface area contributed by atoms with Gasteiger partial charge in [0.2, 0.25) is 5.91 Å². The Morgan fingerprint density at radius 1 is 1.50 bits per heavy atom. The molecule has 0 spiro atoms. The summed E-state index contributed by atoms with van der Waals surface area (Å²) in [4.78, 5) is 11.1. The zero-order valence-corrected chi connectivity index (χ0v) is 11.3. The van der Waals surface area contributed by atoms with Crippen LogP contribution >= 0.6 is 0 Å². The lowest BCUT2D eigenvalue weighted by molar-refractivity contribution is -0.121. The largest absolute Gasteiger partial charge is 0.492 e. The fourth-order valence-corrected chi connectivity index (χ4v) is 1.80. The van der Waals surface area contributed by atoms with E-state index in [9.17, 15) is 4.79 Å². The van der Waals surface area contributed by atoms with Gasteiger partial charge in [0.15, 0.2) is 0 Å².